The van der Waals surface area contributed by atoms with E-state index >= 15 is 0 Å². The summed E-state index contributed by atoms with van der Waals surface area (Å²) >= 11 is 6.58. The van der Waals surface area contributed by atoms with Crippen LogP contribution in [0.4, 0.5) is 0 Å². The molecule has 6 heteroatoms. The largest absolute Gasteiger partial charge is 0.480 e. The number of aliphatic carboxylic acids is 1. The Hall–Kier alpha value is -0.880. The van der Waals surface area contributed by atoms with E-state index in [0.29, 0.717) is 12.0 Å². The van der Waals surface area contributed by atoms with Gasteiger partial charge in [-0.05, 0) is 30.5 Å². The molecule has 1 rings (SSSR count). The molecule has 0 aliphatic heterocycles. The second-order valence-electron chi connectivity index (χ2n) is 4.65. The highest BCUT2D eigenvalue weighted by molar-refractivity contribution is 9.11. The highest BCUT2D eigenvalue weighted by Gasteiger charge is 2.21. The quantitative estimate of drug-likeness (QED) is 0.806. The van der Waals surface area contributed by atoms with Crippen molar-refractivity contribution >= 4 is 43.7 Å². The third-order valence-corrected chi connectivity index (χ3v) is 3.35. The molecule has 0 saturated heterocycles. The number of halogens is 2. The van der Waals surface area contributed by atoms with Crippen LogP contribution in [0.3, 0.4) is 0 Å². The van der Waals surface area contributed by atoms with Gasteiger partial charge in [-0.3, -0.25) is 4.79 Å². The minimum atomic E-state index is -1.02. The molecule has 104 valence electrons. The Kier molecular flexibility index (Phi) is 6.00. The molecule has 4 nitrogen and oxygen atoms in total. The minimum absolute atomic E-state index is 0.190. The lowest BCUT2D eigenvalue weighted by Gasteiger charge is -2.16. The van der Waals surface area contributed by atoms with Gasteiger partial charge in [0.15, 0.2) is 0 Å². The average Bonchev–Trinajstić information content (AvgIpc) is 2.25. The number of amides is 1. The summed E-state index contributed by atoms with van der Waals surface area (Å²) in [5.74, 6) is -1.22. The maximum Gasteiger partial charge on any atom is 0.326 e. The van der Waals surface area contributed by atoms with E-state index in [-0.39, 0.29) is 5.92 Å². The Balaban J connectivity index is 2.84. The fraction of sp³-hybridized carbons (Fsp3) is 0.385. The summed E-state index contributed by atoms with van der Waals surface area (Å²) in [6.07, 6.45) is 0.399. The van der Waals surface area contributed by atoms with Crippen LogP contribution in [0.5, 0.6) is 0 Å². The Morgan fingerprint density at radius 1 is 1.21 bits per heavy atom. The Bertz CT molecular complexity index is 469. The van der Waals surface area contributed by atoms with Gasteiger partial charge >= 0.3 is 5.97 Å². The second kappa shape index (κ2) is 7.05. The molecule has 1 aromatic carbocycles. The van der Waals surface area contributed by atoms with Gasteiger partial charge in [-0.2, -0.15) is 0 Å². The number of carbonyl (C=O) groups is 2. The van der Waals surface area contributed by atoms with Crippen molar-refractivity contribution in [1.29, 1.82) is 0 Å². The third-order valence-electron chi connectivity index (χ3n) is 2.44. The van der Waals surface area contributed by atoms with Gasteiger partial charge < -0.3 is 10.4 Å². The zero-order chi connectivity index (χ0) is 14.6. The second-order valence-corrected chi connectivity index (χ2v) is 6.48. The lowest BCUT2D eigenvalue weighted by Crippen LogP contribution is -2.41. The monoisotopic (exact) mass is 391 g/mol. The van der Waals surface area contributed by atoms with E-state index in [9.17, 15) is 9.59 Å². The van der Waals surface area contributed by atoms with E-state index in [1.807, 2.05) is 13.8 Å². The number of carboxylic acids is 1. The van der Waals surface area contributed by atoms with Crippen LogP contribution in [0.15, 0.2) is 27.1 Å². The van der Waals surface area contributed by atoms with E-state index in [2.05, 4.69) is 37.2 Å². The topological polar surface area (TPSA) is 66.4 Å². The zero-order valence-electron chi connectivity index (χ0n) is 10.6. The first-order chi connectivity index (χ1) is 8.79. The molecule has 1 atom stereocenters. The number of carboxylic acid groups (broad SMARTS) is 1. The van der Waals surface area contributed by atoms with Gasteiger partial charge in [0.1, 0.15) is 6.04 Å². The van der Waals surface area contributed by atoms with Crippen LogP contribution in [-0.4, -0.2) is 23.0 Å². The number of carbonyl (C=O) groups excluding carboxylic acids is 1. The molecule has 0 bridgehead atoms. The van der Waals surface area contributed by atoms with Gasteiger partial charge in [0.2, 0.25) is 0 Å². The molecule has 0 aromatic heterocycles. The van der Waals surface area contributed by atoms with Gasteiger partial charge in [-0.15, -0.1) is 0 Å². The molecule has 0 aliphatic carbocycles. The molecule has 0 heterocycles. The van der Waals surface area contributed by atoms with E-state index in [4.69, 9.17) is 5.11 Å². The number of rotatable bonds is 5. The molecule has 0 spiro atoms. The summed E-state index contributed by atoms with van der Waals surface area (Å²) < 4.78 is 1.51. The summed E-state index contributed by atoms with van der Waals surface area (Å²) in [4.78, 5) is 23.1. The summed E-state index contributed by atoms with van der Waals surface area (Å²) in [7, 11) is 0. The molecule has 1 aromatic rings. The average molecular weight is 393 g/mol. The molecule has 0 unspecified atom stereocenters. The third kappa shape index (κ3) is 5.32. The maximum absolute atomic E-state index is 12.0. The van der Waals surface area contributed by atoms with Crippen molar-refractivity contribution in [2.45, 2.75) is 26.3 Å². The number of hydrogen-bond donors (Lipinski definition) is 2. The standard InChI is InChI=1S/C13H15Br2NO3/c1-7(2)3-11(13(18)19)16-12(17)8-4-9(14)6-10(15)5-8/h4-7,11H,3H2,1-2H3,(H,16,17)(H,18,19)/t11-/m1/s1. The predicted octanol–water partition coefficient (Wildman–Crippen LogP) is 3.44. The van der Waals surface area contributed by atoms with Crippen LogP contribution in [0, 0.1) is 5.92 Å². The van der Waals surface area contributed by atoms with E-state index in [1.54, 1.807) is 18.2 Å². The van der Waals surface area contributed by atoms with Gasteiger partial charge in [-0.25, -0.2) is 4.79 Å². The summed E-state index contributed by atoms with van der Waals surface area (Å²) in [5, 5.41) is 11.6. The van der Waals surface area contributed by atoms with Crippen LogP contribution in [0.1, 0.15) is 30.6 Å². The van der Waals surface area contributed by atoms with Crippen LogP contribution < -0.4 is 5.32 Å². The van der Waals surface area contributed by atoms with Crippen molar-refractivity contribution in [3.05, 3.63) is 32.7 Å². The SMILES string of the molecule is CC(C)C[C@@H](NC(=O)c1cc(Br)cc(Br)c1)C(=O)O. The Morgan fingerprint density at radius 2 is 1.74 bits per heavy atom. The summed E-state index contributed by atoms with van der Waals surface area (Å²) in [6.45, 7) is 3.83. The van der Waals surface area contributed by atoms with Gasteiger partial charge in [0.25, 0.3) is 5.91 Å². The summed E-state index contributed by atoms with van der Waals surface area (Å²) in [6, 6.07) is 4.23. The molecule has 1 amide bonds. The summed E-state index contributed by atoms with van der Waals surface area (Å²) in [5.41, 5.74) is 0.413. The highest BCUT2D eigenvalue weighted by atomic mass is 79.9. The normalized spacial score (nSPS) is 12.3. The Labute approximate surface area is 128 Å². The van der Waals surface area contributed by atoms with Crippen molar-refractivity contribution in [2.24, 2.45) is 5.92 Å². The molecule has 0 fully saturated rings. The van der Waals surface area contributed by atoms with Gasteiger partial charge in [0.05, 0.1) is 0 Å². The molecule has 19 heavy (non-hydrogen) atoms. The first-order valence-electron chi connectivity index (χ1n) is 5.79. The molecule has 0 aliphatic rings. The van der Waals surface area contributed by atoms with E-state index < -0.39 is 17.9 Å². The maximum atomic E-state index is 12.0. The number of benzene rings is 1. The van der Waals surface area contributed by atoms with E-state index in [0.717, 1.165) is 8.95 Å². The number of hydrogen-bond acceptors (Lipinski definition) is 2. The van der Waals surface area contributed by atoms with Crippen molar-refractivity contribution in [1.82, 2.24) is 5.32 Å². The van der Waals surface area contributed by atoms with Crippen LogP contribution in [0.25, 0.3) is 0 Å². The molecule has 0 radical (unpaired) electrons. The first kappa shape index (κ1) is 16.2. The van der Waals surface area contributed by atoms with Crippen molar-refractivity contribution < 1.29 is 14.7 Å². The molecular weight excluding hydrogens is 378 g/mol. The predicted molar refractivity (Wildman–Crippen MR) is 80.2 cm³/mol. The zero-order valence-corrected chi connectivity index (χ0v) is 13.8. The van der Waals surface area contributed by atoms with Crippen LogP contribution in [-0.2, 0) is 4.79 Å². The first-order valence-corrected chi connectivity index (χ1v) is 7.38. The Morgan fingerprint density at radius 3 is 2.16 bits per heavy atom. The minimum Gasteiger partial charge on any atom is -0.480 e. The van der Waals surface area contributed by atoms with Crippen LogP contribution in [0.2, 0.25) is 0 Å². The van der Waals surface area contributed by atoms with Gasteiger partial charge in [-0.1, -0.05) is 45.7 Å². The molecular formula is C13H15Br2NO3. The van der Waals surface area contributed by atoms with E-state index in [1.165, 1.54) is 0 Å². The molecule has 2 N–H and O–H groups in total. The number of nitrogens with one attached hydrogen (secondary N) is 1. The molecule has 0 saturated carbocycles. The fourth-order valence-electron chi connectivity index (χ4n) is 1.62. The smallest absolute Gasteiger partial charge is 0.326 e. The van der Waals surface area contributed by atoms with Crippen molar-refractivity contribution in [3.8, 4) is 0 Å². The fourth-order valence-corrected chi connectivity index (χ4v) is 2.91. The lowest BCUT2D eigenvalue weighted by atomic mass is 10.0. The lowest BCUT2D eigenvalue weighted by molar-refractivity contribution is -0.139. The van der Waals surface area contributed by atoms with Crippen LogP contribution >= 0.6 is 31.9 Å². The van der Waals surface area contributed by atoms with Crippen molar-refractivity contribution in [2.75, 3.05) is 0 Å². The van der Waals surface area contributed by atoms with Crippen molar-refractivity contribution in [3.63, 3.8) is 0 Å². The van der Waals surface area contributed by atoms with Gasteiger partial charge in [0, 0.05) is 14.5 Å². The highest BCUT2D eigenvalue weighted by Crippen LogP contribution is 2.20.